The van der Waals surface area contributed by atoms with Crippen molar-refractivity contribution in [3.63, 3.8) is 0 Å². The molecule has 1 atom stereocenters. The van der Waals surface area contributed by atoms with Gasteiger partial charge < -0.3 is 0 Å². The Morgan fingerprint density at radius 3 is 2.72 bits per heavy atom. The van der Waals surface area contributed by atoms with Crippen molar-refractivity contribution < 1.29 is 4.79 Å². The topological polar surface area (TPSA) is 30.0 Å². The zero-order valence-electron chi connectivity index (χ0n) is 9.73. The van der Waals surface area contributed by atoms with E-state index in [-0.39, 0.29) is 11.7 Å². The average molecular weight is 325 g/mol. The normalized spacial score (nSPS) is 12.2. The number of nitrogens with zero attached hydrogens (tertiary/aromatic N) is 1. The van der Waals surface area contributed by atoms with Crippen molar-refractivity contribution >= 4 is 33.3 Å². The average Bonchev–Trinajstić information content (AvgIpc) is 2.37. The summed E-state index contributed by atoms with van der Waals surface area (Å²) in [4.78, 5) is 16.5. The van der Waals surface area contributed by atoms with Crippen LogP contribution in [-0.2, 0) is 0 Å². The molecule has 1 aromatic heterocycles. The molecule has 0 aliphatic heterocycles. The fraction of sp³-hybridized carbons (Fsp3) is 0.143. The van der Waals surface area contributed by atoms with Gasteiger partial charge in [0, 0.05) is 21.3 Å². The van der Waals surface area contributed by atoms with Crippen LogP contribution in [0.5, 0.6) is 0 Å². The Bertz CT molecular complexity index is 551. The van der Waals surface area contributed by atoms with Crippen LogP contribution in [0, 0.1) is 0 Å². The molecule has 2 aromatic rings. The van der Waals surface area contributed by atoms with Gasteiger partial charge in [0.15, 0.2) is 5.78 Å². The van der Waals surface area contributed by atoms with Gasteiger partial charge in [0.05, 0.1) is 11.6 Å². The first-order valence-corrected chi connectivity index (χ1v) is 6.66. The molecule has 18 heavy (non-hydrogen) atoms. The Hall–Kier alpha value is -1.19. The third kappa shape index (κ3) is 2.98. The molecule has 1 unspecified atom stereocenters. The van der Waals surface area contributed by atoms with Crippen LogP contribution in [-0.4, -0.2) is 10.8 Å². The Morgan fingerprint density at radius 1 is 1.33 bits per heavy atom. The number of hydrogen-bond donors (Lipinski definition) is 0. The zero-order chi connectivity index (χ0) is 13.1. The van der Waals surface area contributed by atoms with Gasteiger partial charge in [0.25, 0.3) is 0 Å². The van der Waals surface area contributed by atoms with Gasteiger partial charge in [-0.05, 0) is 37.3 Å². The van der Waals surface area contributed by atoms with Gasteiger partial charge in [-0.25, -0.2) is 0 Å². The molecule has 0 amide bonds. The Balaban J connectivity index is 2.31. The summed E-state index contributed by atoms with van der Waals surface area (Å²) >= 11 is 9.28. The summed E-state index contributed by atoms with van der Waals surface area (Å²) in [7, 11) is 0. The highest BCUT2D eigenvalue weighted by Gasteiger charge is 2.18. The standard InChI is InChI=1S/C14H11BrClNO/c1-9(13-4-2-3-5-17-13)14(18)10-6-11(15)8-12(16)7-10/h2-9H,1H3. The second-order valence-electron chi connectivity index (χ2n) is 4.00. The quantitative estimate of drug-likeness (QED) is 0.779. The summed E-state index contributed by atoms with van der Waals surface area (Å²) in [5, 5.41) is 0.543. The second-order valence-corrected chi connectivity index (χ2v) is 5.35. The van der Waals surface area contributed by atoms with Crippen LogP contribution >= 0.6 is 27.5 Å². The highest BCUT2D eigenvalue weighted by molar-refractivity contribution is 9.10. The van der Waals surface area contributed by atoms with E-state index >= 15 is 0 Å². The first kappa shape index (κ1) is 13.2. The van der Waals surface area contributed by atoms with Crippen LogP contribution in [0.1, 0.15) is 28.9 Å². The zero-order valence-corrected chi connectivity index (χ0v) is 12.1. The third-order valence-corrected chi connectivity index (χ3v) is 3.35. The van der Waals surface area contributed by atoms with Gasteiger partial charge in [-0.3, -0.25) is 9.78 Å². The van der Waals surface area contributed by atoms with Crippen molar-refractivity contribution in [2.75, 3.05) is 0 Å². The van der Waals surface area contributed by atoms with Gasteiger partial charge in [-0.1, -0.05) is 33.6 Å². The number of ketones is 1. The lowest BCUT2D eigenvalue weighted by Crippen LogP contribution is -2.11. The molecule has 0 radical (unpaired) electrons. The number of aromatic nitrogens is 1. The van der Waals surface area contributed by atoms with Crippen molar-refractivity contribution in [2.24, 2.45) is 0 Å². The molecule has 0 spiro atoms. The first-order valence-electron chi connectivity index (χ1n) is 5.49. The van der Waals surface area contributed by atoms with E-state index in [1.54, 1.807) is 24.4 Å². The summed E-state index contributed by atoms with van der Waals surface area (Å²) in [6.45, 7) is 1.85. The number of Topliss-reactive ketones (excluding diaryl/α,β-unsaturated/α-hetero) is 1. The van der Waals surface area contributed by atoms with Crippen molar-refractivity contribution in [1.29, 1.82) is 0 Å². The molecule has 0 saturated heterocycles. The molecule has 1 heterocycles. The maximum absolute atomic E-state index is 12.3. The van der Waals surface area contributed by atoms with E-state index in [1.807, 2.05) is 25.1 Å². The molecule has 4 heteroatoms. The largest absolute Gasteiger partial charge is 0.293 e. The maximum atomic E-state index is 12.3. The first-order chi connectivity index (χ1) is 8.58. The van der Waals surface area contributed by atoms with E-state index in [4.69, 9.17) is 11.6 Å². The van der Waals surface area contributed by atoms with Crippen molar-refractivity contribution in [1.82, 2.24) is 4.98 Å². The minimum atomic E-state index is -0.281. The molecule has 0 saturated carbocycles. The van der Waals surface area contributed by atoms with Gasteiger partial charge in [-0.2, -0.15) is 0 Å². The Kier molecular flexibility index (Phi) is 4.15. The van der Waals surface area contributed by atoms with E-state index in [9.17, 15) is 4.79 Å². The molecule has 92 valence electrons. The van der Waals surface area contributed by atoms with E-state index in [2.05, 4.69) is 20.9 Å². The predicted molar refractivity (Wildman–Crippen MR) is 76.1 cm³/mol. The van der Waals surface area contributed by atoms with Crippen LogP contribution in [0.2, 0.25) is 5.02 Å². The molecule has 0 bridgehead atoms. The molecule has 0 aliphatic rings. The predicted octanol–water partition coefficient (Wildman–Crippen LogP) is 4.48. The SMILES string of the molecule is CC(C(=O)c1cc(Cl)cc(Br)c1)c1ccccn1. The highest BCUT2D eigenvalue weighted by Crippen LogP contribution is 2.24. The number of pyridine rings is 1. The lowest BCUT2D eigenvalue weighted by Gasteiger charge is -2.10. The fourth-order valence-corrected chi connectivity index (χ4v) is 2.57. The van der Waals surface area contributed by atoms with Gasteiger partial charge in [0.2, 0.25) is 0 Å². The van der Waals surface area contributed by atoms with E-state index in [1.165, 1.54) is 0 Å². The molecule has 1 aromatic carbocycles. The third-order valence-electron chi connectivity index (χ3n) is 2.67. The van der Waals surface area contributed by atoms with Gasteiger partial charge >= 0.3 is 0 Å². The molecular formula is C14H11BrClNO. The smallest absolute Gasteiger partial charge is 0.171 e. The highest BCUT2D eigenvalue weighted by atomic mass is 79.9. The maximum Gasteiger partial charge on any atom is 0.171 e. The molecule has 0 aliphatic carbocycles. The summed E-state index contributed by atoms with van der Waals surface area (Å²) in [6.07, 6.45) is 1.69. The molecule has 2 nitrogen and oxygen atoms in total. The minimum Gasteiger partial charge on any atom is -0.293 e. The van der Waals surface area contributed by atoms with Crippen LogP contribution < -0.4 is 0 Å². The van der Waals surface area contributed by atoms with Crippen molar-refractivity contribution in [3.05, 3.63) is 63.3 Å². The summed E-state index contributed by atoms with van der Waals surface area (Å²) in [5.74, 6) is -0.270. The lowest BCUT2D eigenvalue weighted by atomic mass is 9.96. The van der Waals surface area contributed by atoms with Crippen LogP contribution in [0.25, 0.3) is 0 Å². The molecular weight excluding hydrogens is 314 g/mol. The number of halogens is 2. The number of carbonyl (C=O) groups is 1. The molecule has 0 fully saturated rings. The number of benzene rings is 1. The van der Waals surface area contributed by atoms with Crippen LogP contribution in [0.15, 0.2) is 47.1 Å². The van der Waals surface area contributed by atoms with Gasteiger partial charge in [0.1, 0.15) is 0 Å². The Labute approximate surface area is 119 Å². The Morgan fingerprint density at radius 2 is 2.11 bits per heavy atom. The second kappa shape index (κ2) is 5.63. The summed E-state index contributed by atoms with van der Waals surface area (Å²) in [5.41, 5.74) is 1.35. The monoisotopic (exact) mass is 323 g/mol. The van der Waals surface area contributed by atoms with Crippen LogP contribution in [0.3, 0.4) is 0 Å². The molecule has 2 rings (SSSR count). The fourth-order valence-electron chi connectivity index (χ4n) is 1.71. The number of hydrogen-bond acceptors (Lipinski definition) is 2. The number of carbonyl (C=O) groups excluding carboxylic acids is 1. The van der Waals surface area contributed by atoms with Crippen molar-refractivity contribution in [2.45, 2.75) is 12.8 Å². The van der Waals surface area contributed by atoms with E-state index in [0.717, 1.165) is 10.2 Å². The lowest BCUT2D eigenvalue weighted by molar-refractivity contribution is 0.0964. The summed E-state index contributed by atoms with van der Waals surface area (Å²) in [6, 6.07) is 10.8. The van der Waals surface area contributed by atoms with Crippen LogP contribution in [0.4, 0.5) is 0 Å². The van der Waals surface area contributed by atoms with E-state index in [0.29, 0.717) is 10.6 Å². The van der Waals surface area contributed by atoms with Gasteiger partial charge in [-0.15, -0.1) is 0 Å². The summed E-state index contributed by atoms with van der Waals surface area (Å²) < 4.78 is 0.798. The molecule has 0 N–H and O–H groups in total. The van der Waals surface area contributed by atoms with Crippen molar-refractivity contribution in [3.8, 4) is 0 Å². The number of rotatable bonds is 3. The minimum absolute atomic E-state index is 0.0110. The van der Waals surface area contributed by atoms with E-state index < -0.39 is 0 Å².